The van der Waals surface area contributed by atoms with Gasteiger partial charge in [0.05, 0.1) is 13.7 Å². The van der Waals surface area contributed by atoms with Crippen molar-refractivity contribution in [2.75, 3.05) is 20.2 Å². The minimum Gasteiger partial charge on any atom is -0.497 e. The van der Waals surface area contributed by atoms with Gasteiger partial charge in [0, 0.05) is 12.6 Å². The van der Waals surface area contributed by atoms with Gasteiger partial charge in [-0.25, -0.2) is 0 Å². The molecule has 2 amide bonds. The topological polar surface area (TPSA) is 49.9 Å². The lowest BCUT2D eigenvalue weighted by molar-refractivity contribution is -0.159. The maximum Gasteiger partial charge on any atom is 0.250 e. The van der Waals surface area contributed by atoms with E-state index in [2.05, 4.69) is 12.1 Å². The number of methoxy groups -OCH3 is 1. The summed E-state index contributed by atoms with van der Waals surface area (Å²) >= 11 is 0. The highest BCUT2D eigenvalue weighted by atomic mass is 16.5. The van der Waals surface area contributed by atoms with Crippen LogP contribution in [0, 0.1) is 0 Å². The van der Waals surface area contributed by atoms with Crippen molar-refractivity contribution in [1.82, 2.24) is 9.80 Å². The molecule has 2 fully saturated rings. The van der Waals surface area contributed by atoms with Crippen LogP contribution in [-0.4, -0.2) is 47.9 Å². The summed E-state index contributed by atoms with van der Waals surface area (Å²) in [5, 5.41) is 0. The summed E-state index contributed by atoms with van der Waals surface area (Å²) in [5.74, 6) is 0.843. The Morgan fingerprint density at radius 3 is 2.30 bits per heavy atom. The number of benzene rings is 2. The highest BCUT2D eigenvalue weighted by Crippen LogP contribution is 2.35. The number of ether oxygens (including phenoxy) is 1. The standard InChI is InChI=1S/C25H30N2O3/c1-30-22-14-12-20(13-15-22)24-25(29)26(17-16-19-8-4-2-5-9-19)18-23(28)27(24)21-10-6-3-7-11-21/h2,4-5,8-9,12-15,21,24H,3,6-7,10-11,16-18H2,1H3/t24-/m0/s1. The van der Waals surface area contributed by atoms with Gasteiger partial charge >= 0.3 is 0 Å². The van der Waals surface area contributed by atoms with E-state index >= 15 is 0 Å². The average Bonchev–Trinajstić information content (AvgIpc) is 2.80. The Balaban J connectivity index is 1.59. The van der Waals surface area contributed by atoms with Crippen molar-refractivity contribution in [2.45, 2.75) is 50.6 Å². The van der Waals surface area contributed by atoms with Gasteiger partial charge in [-0.1, -0.05) is 61.7 Å². The Morgan fingerprint density at radius 2 is 1.63 bits per heavy atom. The summed E-state index contributed by atoms with van der Waals surface area (Å²) in [6.45, 7) is 0.731. The highest BCUT2D eigenvalue weighted by Gasteiger charge is 2.43. The van der Waals surface area contributed by atoms with Crippen molar-refractivity contribution < 1.29 is 14.3 Å². The molecule has 1 saturated carbocycles. The van der Waals surface area contributed by atoms with E-state index in [-0.39, 0.29) is 24.4 Å². The zero-order valence-electron chi connectivity index (χ0n) is 17.6. The van der Waals surface area contributed by atoms with Crippen molar-refractivity contribution in [3.63, 3.8) is 0 Å². The maximum absolute atomic E-state index is 13.6. The van der Waals surface area contributed by atoms with Gasteiger partial charge in [-0.3, -0.25) is 9.59 Å². The van der Waals surface area contributed by atoms with Crippen LogP contribution in [-0.2, 0) is 16.0 Å². The third-order valence-electron chi connectivity index (χ3n) is 6.35. The van der Waals surface area contributed by atoms with Crippen LogP contribution in [0.4, 0.5) is 0 Å². The molecule has 2 aliphatic rings. The molecule has 0 aromatic heterocycles. The molecule has 1 aliphatic heterocycles. The zero-order chi connectivity index (χ0) is 20.9. The summed E-state index contributed by atoms with van der Waals surface area (Å²) in [4.78, 5) is 30.5. The van der Waals surface area contributed by atoms with E-state index in [1.165, 1.54) is 12.0 Å². The Bertz CT molecular complexity index is 860. The lowest BCUT2D eigenvalue weighted by Gasteiger charge is -2.45. The van der Waals surface area contributed by atoms with E-state index in [0.717, 1.165) is 43.4 Å². The average molecular weight is 407 g/mol. The Hall–Kier alpha value is -2.82. The molecule has 0 bridgehead atoms. The number of carbonyl (C=O) groups is 2. The quantitative estimate of drug-likeness (QED) is 0.729. The molecule has 2 aromatic carbocycles. The molecule has 1 heterocycles. The lowest BCUT2D eigenvalue weighted by Crippen LogP contribution is -2.59. The molecule has 158 valence electrons. The third kappa shape index (κ3) is 4.35. The summed E-state index contributed by atoms with van der Waals surface area (Å²) < 4.78 is 5.28. The summed E-state index contributed by atoms with van der Waals surface area (Å²) in [6, 6.07) is 17.3. The van der Waals surface area contributed by atoms with Gasteiger partial charge in [0.25, 0.3) is 5.91 Å². The molecule has 2 aromatic rings. The number of nitrogens with zero attached hydrogens (tertiary/aromatic N) is 2. The zero-order valence-corrected chi connectivity index (χ0v) is 17.6. The van der Waals surface area contributed by atoms with Gasteiger partial charge in [-0.05, 0) is 42.5 Å². The Morgan fingerprint density at radius 1 is 0.933 bits per heavy atom. The second-order valence-corrected chi connectivity index (χ2v) is 8.26. The second-order valence-electron chi connectivity index (χ2n) is 8.26. The van der Waals surface area contributed by atoms with Crippen LogP contribution in [0.5, 0.6) is 5.75 Å². The number of carbonyl (C=O) groups excluding carboxylic acids is 2. The molecule has 5 heteroatoms. The molecule has 30 heavy (non-hydrogen) atoms. The first kappa shape index (κ1) is 20.5. The van der Waals surface area contributed by atoms with E-state index in [1.54, 1.807) is 12.0 Å². The lowest BCUT2D eigenvalue weighted by atomic mass is 9.90. The first-order valence-electron chi connectivity index (χ1n) is 10.9. The van der Waals surface area contributed by atoms with Gasteiger partial charge in [-0.2, -0.15) is 0 Å². The molecule has 1 saturated heterocycles. The summed E-state index contributed by atoms with van der Waals surface area (Å²) in [7, 11) is 1.63. The van der Waals surface area contributed by atoms with Gasteiger partial charge in [0.15, 0.2) is 0 Å². The smallest absolute Gasteiger partial charge is 0.250 e. The van der Waals surface area contributed by atoms with Gasteiger partial charge in [-0.15, -0.1) is 0 Å². The number of amides is 2. The normalized spacial score (nSPS) is 20.5. The van der Waals surface area contributed by atoms with Crippen LogP contribution in [0.15, 0.2) is 54.6 Å². The van der Waals surface area contributed by atoms with Crippen LogP contribution in [0.25, 0.3) is 0 Å². The highest BCUT2D eigenvalue weighted by molar-refractivity contribution is 5.95. The molecule has 1 aliphatic carbocycles. The number of rotatable bonds is 6. The predicted molar refractivity (Wildman–Crippen MR) is 116 cm³/mol. The fraction of sp³-hybridized carbons (Fsp3) is 0.440. The van der Waals surface area contributed by atoms with Crippen molar-refractivity contribution in [1.29, 1.82) is 0 Å². The Kier molecular flexibility index (Phi) is 6.36. The van der Waals surface area contributed by atoms with Gasteiger partial charge < -0.3 is 14.5 Å². The van der Waals surface area contributed by atoms with Crippen molar-refractivity contribution in [2.24, 2.45) is 0 Å². The van der Waals surface area contributed by atoms with Crippen LogP contribution in [0.1, 0.15) is 49.3 Å². The van der Waals surface area contributed by atoms with E-state index < -0.39 is 6.04 Å². The fourth-order valence-corrected chi connectivity index (χ4v) is 4.72. The fourth-order valence-electron chi connectivity index (χ4n) is 4.72. The van der Waals surface area contributed by atoms with Crippen molar-refractivity contribution in [3.05, 3.63) is 65.7 Å². The van der Waals surface area contributed by atoms with Gasteiger partial charge in [0.2, 0.25) is 5.91 Å². The molecule has 4 rings (SSSR count). The van der Waals surface area contributed by atoms with E-state index in [9.17, 15) is 9.59 Å². The summed E-state index contributed by atoms with van der Waals surface area (Å²) in [5.41, 5.74) is 2.04. The van der Waals surface area contributed by atoms with Crippen LogP contribution < -0.4 is 4.74 Å². The van der Waals surface area contributed by atoms with Crippen LogP contribution in [0.2, 0.25) is 0 Å². The molecule has 0 unspecified atom stereocenters. The molecular formula is C25H30N2O3. The monoisotopic (exact) mass is 406 g/mol. The predicted octanol–water partition coefficient (Wildman–Crippen LogP) is 3.98. The number of hydrogen-bond acceptors (Lipinski definition) is 3. The largest absolute Gasteiger partial charge is 0.497 e. The minimum absolute atomic E-state index is 0.0290. The molecule has 5 nitrogen and oxygen atoms in total. The first-order chi connectivity index (χ1) is 14.7. The molecule has 0 spiro atoms. The maximum atomic E-state index is 13.6. The van der Waals surface area contributed by atoms with Crippen molar-refractivity contribution >= 4 is 11.8 Å². The minimum atomic E-state index is -0.545. The van der Waals surface area contributed by atoms with Crippen LogP contribution >= 0.6 is 0 Å². The second kappa shape index (κ2) is 9.33. The van der Waals surface area contributed by atoms with Gasteiger partial charge in [0.1, 0.15) is 11.8 Å². The molecule has 0 radical (unpaired) electrons. The summed E-state index contributed by atoms with van der Waals surface area (Å²) in [6.07, 6.45) is 6.16. The van der Waals surface area contributed by atoms with E-state index in [0.29, 0.717) is 6.54 Å². The molecule has 1 atom stereocenters. The van der Waals surface area contributed by atoms with Crippen molar-refractivity contribution in [3.8, 4) is 5.75 Å². The number of piperazine rings is 1. The number of hydrogen-bond donors (Lipinski definition) is 0. The first-order valence-corrected chi connectivity index (χ1v) is 10.9. The Labute approximate surface area is 178 Å². The van der Waals surface area contributed by atoms with Crippen LogP contribution in [0.3, 0.4) is 0 Å². The SMILES string of the molecule is COc1ccc([C@H]2C(=O)N(CCc3ccccc3)CC(=O)N2C2CCCCC2)cc1. The van der Waals surface area contributed by atoms with E-state index in [1.807, 2.05) is 47.4 Å². The van der Waals surface area contributed by atoms with E-state index in [4.69, 9.17) is 4.74 Å². The molecule has 0 N–H and O–H groups in total. The molecular weight excluding hydrogens is 376 g/mol. The third-order valence-corrected chi connectivity index (χ3v) is 6.35.